The molecule has 0 radical (unpaired) electrons. The van der Waals surface area contributed by atoms with Crippen LogP contribution in [0.15, 0.2) is 23.6 Å². The normalized spacial score (nSPS) is 10.4. The van der Waals surface area contributed by atoms with Gasteiger partial charge in [-0.1, -0.05) is 35.3 Å². The van der Waals surface area contributed by atoms with Crippen molar-refractivity contribution in [2.45, 2.75) is 6.92 Å². The van der Waals surface area contributed by atoms with E-state index in [9.17, 15) is 4.79 Å². The third-order valence-electron chi connectivity index (χ3n) is 2.57. The van der Waals surface area contributed by atoms with Crippen molar-refractivity contribution in [2.75, 3.05) is 7.11 Å². The van der Waals surface area contributed by atoms with Crippen LogP contribution in [0, 0.1) is 6.92 Å². The molecule has 94 valence electrons. The van der Waals surface area contributed by atoms with Gasteiger partial charge in [-0.15, -0.1) is 11.3 Å². The van der Waals surface area contributed by atoms with Crippen molar-refractivity contribution in [2.24, 2.45) is 0 Å². The summed E-state index contributed by atoms with van der Waals surface area (Å²) in [5.41, 5.74) is 2.52. The lowest BCUT2D eigenvalue weighted by Gasteiger charge is -2.08. The van der Waals surface area contributed by atoms with Gasteiger partial charge in [-0.2, -0.15) is 0 Å². The van der Waals surface area contributed by atoms with Crippen molar-refractivity contribution in [3.05, 3.63) is 44.1 Å². The van der Waals surface area contributed by atoms with Crippen LogP contribution in [0.1, 0.15) is 15.2 Å². The van der Waals surface area contributed by atoms with E-state index in [0.717, 1.165) is 16.7 Å². The van der Waals surface area contributed by atoms with Gasteiger partial charge in [0.1, 0.15) is 4.88 Å². The minimum absolute atomic E-state index is 0.362. The molecule has 0 bridgehead atoms. The van der Waals surface area contributed by atoms with Crippen LogP contribution in [0.5, 0.6) is 0 Å². The van der Waals surface area contributed by atoms with Gasteiger partial charge in [0, 0.05) is 11.1 Å². The Bertz CT molecular complexity index is 605. The van der Waals surface area contributed by atoms with Gasteiger partial charge in [0.15, 0.2) is 0 Å². The highest BCUT2D eigenvalue weighted by molar-refractivity contribution is 7.12. The molecule has 1 aromatic carbocycles. The van der Waals surface area contributed by atoms with Crippen LogP contribution in [0.2, 0.25) is 10.0 Å². The van der Waals surface area contributed by atoms with Crippen molar-refractivity contribution >= 4 is 40.5 Å². The zero-order valence-corrected chi connectivity index (χ0v) is 12.1. The zero-order valence-electron chi connectivity index (χ0n) is 9.79. The van der Waals surface area contributed by atoms with E-state index in [1.807, 2.05) is 24.4 Å². The summed E-state index contributed by atoms with van der Waals surface area (Å²) in [6.07, 6.45) is 0. The number of benzene rings is 1. The van der Waals surface area contributed by atoms with Gasteiger partial charge in [0.05, 0.1) is 17.2 Å². The molecule has 2 aromatic rings. The molecule has 0 spiro atoms. The number of carbonyl (C=O) groups excluding carboxylic acids is 1. The average molecular weight is 301 g/mol. The minimum Gasteiger partial charge on any atom is -0.465 e. The molecule has 0 fully saturated rings. The van der Waals surface area contributed by atoms with Crippen LogP contribution in [-0.2, 0) is 4.74 Å². The summed E-state index contributed by atoms with van der Waals surface area (Å²) in [6, 6.07) is 5.37. The molecule has 0 N–H and O–H groups in total. The van der Waals surface area contributed by atoms with Crippen LogP contribution in [-0.4, -0.2) is 13.1 Å². The van der Waals surface area contributed by atoms with E-state index in [1.165, 1.54) is 18.4 Å². The van der Waals surface area contributed by atoms with E-state index in [-0.39, 0.29) is 5.97 Å². The number of hydrogen-bond acceptors (Lipinski definition) is 3. The number of carbonyl (C=O) groups is 1. The van der Waals surface area contributed by atoms with Gasteiger partial charge >= 0.3 is 5.97 Å². The van der Waals surface area contributed by atoms with Gasteiger partial charge in [0.25, 0.3) is 0 Å². The fraction of sp³-hybridized carbons (Fsp3) is 0.154. The van der Waals surface area contributed by atoms with Crippen LogP contribution < -0.4 is 0 Å². The van der Waals surface area contributed by atoms with Gasteiger partial charge in [-0.05, 0) is 23.9 Å². The molecule has 0 saturated carbocycles. The first-order valence-electron chi connectivity index (χ1n) is 5.17. The van der Waals surface area contributed by atoms with E-state index >= 15 is 0 Å². The van der Waals surface area contributed by atoms with Crippen LogP contribution in [0.4, 0.5) is 0 Å². The lowest BCUT2D eigenvalue weighted by molar-refractivity contribution is 0.0607. The summed E-state index contributed by atoms with van der Waals surface area (Å²) >= 11 is 13.5. The Morgan fingerprint density at radius 3 is 2.72 bits per heavy atom. The summed E-state index contributed by atoms with van der Waals surface area (Å²) in [5, 5.41) is 2.82. The van der Waals surface area contributed by atoms with E-state index in [0.29, 0.717) is 14.9 Å². The summed E-state index contributed by atoms with van der Waals surface area (Å²) in [6.45, 7) is 1.93. The Kier molecular flexibility index (Phi) is 3.95. The van der Waals surface area contributed by atoms with Crippen molar-refractivity contribution in [1.29, 1.82) is 0 Å². The molecular weight excluding hydrogens is 291 g/mol. The molecule has 5 heteroatoms. The number of aryl methyl sites for hydroxylation is 1. The predicted molar refractivity (Wildman–Crippen MR) is 75.9 cm³/mol. The second-order valence-electron chi connectivity index (χ2n) is 3.72. The number of hydrogen-bond donors (Lipinski definition) is 0. The summed E-state index contributed by atoms with van der Waals surface area (Å²) < 4.78 is 4.78. The Labute approximate surface area is 119 Å². The number of esters is 1. The molecule has 0 saturated heterocycles. The van der Waals surface area contributed by atoms with Gasteiger partial charge in [0.2, 0.25) is 0 Å². The molecular formula is C13H10Cl2O2S. The topological polar surface area (TPSA) is 26.3 Å². The van der Waals surface area contributed by atoms with Gasteiger partial charge in [-0.3, -0.25) is 0 Å². The molecule has 0 aliphatic rings. The molecule has 2 rings (SSSR count). The number of ether oxygens (including phenoxy) is 1. The molecule has 2 nitrogen and oxygen atoms in total. The zero-order chi connectivity index (χ0) is 13.3. The highest BCUT2D eigenvalue weighted by atomic mass is 35.5. The maximum atomic E-state index is 11.7. The smallest absolute Gasteiger partial charge is 0.348 e. The molecule has 0 aliphatic carbocycles. The first-order valence-corrected chi connectivity index (χ1v) is 6.80. The third kappa shape index (κ3) is 2.26. The van der Waals surface area contributed by atoms with Crippen molar-refractivity contribution < 1.29 is 9.53 Å². The second kappa shape index (κ2) is 5.31. The van der Waals surface area contributed by atoms with Crippen LogP contribution in [0.25, 0.3) is 11.1 Å². The van der Waals surface area contributed by atoms with E-state index in [4.69, 9.17) is 27.9 Å². The molecule has 0 aliphatic heterocycles. The number of rotatable bonds is 2. The summed E-state index contributed by atoms with van der Waals surface area (Å²) in [7, 11) is 1.36. The average Bonchev–Trinajstić information content (AvgIpc) is 2.74. The molecule has 0 atom stereocenters. The maximum absolute atomic E-state index is 11.7. The van der Waals surface area contributed by atoms with E-state index < -0.39 is 0 Å². The fourth-order valence-electron chi connectivity index (χ4n) is 1.72. The Morgan fingerprint density at radius 1 is 1.33 bits per heavy atom. The van der Waals surface area contributed by atoms with E-state index in [2.05, 4.69) is 0 Å². The largest absolute Gasteiger partial charge is 0.465 e. The SMILES string of the molecule is COC(=O)c1scc(C)c1-c1cccc(Cl)c1Cl. The standard InChI is InChI=1S/C13H10Cl2O2S/c1-7-6-18-12(13(16)17-2)10(7)8-4-3-5-9(14)11(8)15/h3-6H,1-2H3. The molecule has 0 unspecified atom stereocenters. The van der Waals surface area contributed by atoms with Crippen molar-refractivity contribution in [1.82, 2.24) is 0 Å². The van der Waals surface area contributed by atoms with Crippen LogP contribution in [0.3, 0.4) is 0 Å². The number of thiophene rings is 1. The highest BCUT2D eigenvalue weighted by Gasteiger charge is 2.20. The number of halogens is 2. The second-order valence-corrected chi connectivity index (χ2v) is 5.38. The Morgan fingerprint density at radius 2 is 2.06 bits per heavy atom. The molecule has 1 aromatic heterocycles. The lowest BCUT2D eigenvalue weighted by atomic mass is 10.0. The molecule has 1 heterocycles. The number of methoxy groups -OCH3 is 1. The molecule has 0 amide bonds. The summed E-state index contributed by atoms with van der Waals surface area (Å²) in [5.74, 6) is -0.362. The maximum Gasteiger partial charge on any atom is 0.348 e. The Balaban J connectivity index is 2.67. The third-order valence-corrected chi connectivity index (χ3v) is 4.46. The van der Waals surface area contributed by atoms with E-state index in [1.54, 1.807) is 6.07 Å². The first-order chi connectivity index (χ1) is 8.56. The summed E-state index contributed by atoms with van der Waals surface area (Å²) in [4.78, 5) is 12.3. The van der Waals surface area contributed by atoms with Crippen molar-refractivity contribution in [3.63, 3.8) is 0 Å². The fourth-order valence-corrected chi connectivity index (χ4v) is 3.09. The van der Waals surface area contributed by atoms with Gasteiger partial charge < -0.3 is 4.74 Å². The lowest BCUT2D eigenvalue weighted by Crippen LogP contribution is -2.00. The Hall–Kier alpha value is -1.03. The van der Waals surface area contributed by atoms with Gasteiger partial charge in [-0.25, -0.2) is 4.79 Å². The van der Waals surface area contributed by atoms with Crippen LogP contribution >= 0.6 is 34.5 Å². The minimum atomic E-state index is -0.362. The quantitative estimate of drug-likeness (QED) is 0.744. The van der Waals surface area contributed by atoms with Crippen molar-refractivity contribution in [3.8, 4) is 11.1 Å². The predicted octanol–water partition coefficient (Wildman–Crippen LogP) is 4.82. The first kappa shape index (κ1) is 13.4. The highest BCUT2D eigenvalue weighted by Crippen LogP contribution is 2.39. The molecule has 18 heavy (non-hydrogen) atoms. The monoisotopic (exact) mass is 300 g/mol.